The molecule has 0 amide bonds. The zero-order valence-electron chi connectivity index (χ0n) is 21.3. The van der Waals surface area contributed by atoms with E-state index in [0.29, 0.717) is 51.3 Å². The van der Waals surface area contributed by atoms with E-state index >= 15 is 0 Å². The maximum absolute atomic E-state index is 13.1. The molecule has 0 bridgehead atoms. The Hall–Kier alpha value is -1.84. The van der Waals surface area contributed by atoms with Crippen molar-refractivity contribution in [3.05, 3.63) is 29.8 Å². The Morgan fingerprint density at radius 2 is 1.86 bits per heavy atom. The minimum absolute atomic E-state index is 0.0790. The lowest BCUT2D eigenvalue weighted by Crippen LogP contribution is -2.69. The molecule has 0 unspecified atom stereocenters. The number of esters is 1. The second kappa shape index (κ2) is 8.88. The van der Waals surface area contributed by atoms with E-state index in [1.54, 1.807) is 13.2 Å². The van der Waals surface area contributed by atoms with Crippen molar-refractivity contribution in [3.63, 3.8) is 0 Å². The maximum atomic E-state index is 13.1. The van der Waals surface area contributed by atoms with Crippen LogP contribution in [0.2, 0.25) is 0 Å². The van der Waals surface area contributed by atoms with Crippen molar-refractivity contribution in [1.29, 1.82) is 0 Å². The quantitative estimate of drug-likeness (QED) is 0.616. The molecule has 1 aromatic carbocycles. The largest absolute Gasteiger partial charge is 0.462 e. The zero-order chi connectivity index (χ0) is 25.9. The van der Waals surface area contributed by atoms with Crippen LogP contribution in [0, 0.1) is 17.3 Å². The zero-order valence-corrected chi connectivity index (χ0v) is 21.3. The summed E-state index contributed by atoms with van der Waals surface area (Å²) < 4.78 is 51.2. The number of aliphatic hydroxyl groups is 1. The Kier molecular flexibility index (Phi) is 6.36. The average molecular weight is 511 g/mol. The molecule has 2 aliphatic carbocycles. The summed E-state index contributed by atoms with van der Waals surface area (Å²) in [7, 11) is 1.66. The molecule has 4 fully saturated rings. The molecule has 2 saturated carbocycles. The maximum Gasteiger partial charge on any atom is 0.416 e. The van der Waals surface area contributed by atoms with Crippen LogP contribution in [0.4, 0.5) is 18.9 Å². The second-order valence-corrected chi connectivity index (χ2v) is 11.7. The van der Waals surface area contributed by atoms with Crippen LogP contribution < -0.4 is 4.90 Å². The summed E-state index contributed by atoms with van der Waals surface area (Å²) in [5.74, 6) is -0.605. The number of alkyl halides is 3. The van der Waals surface area contributed by atoms with Crippen molar-refractivity contribution in [2.45, 2.75) is 69.4 Å². The van der Waals surface area contributed by atoms with E-state index in [2.05, 4.69) is 11.8 Å². The van der Waals surface area contributed by atoms with Crippen LogP contribution in [0.1, 0.15) is 51.5 Å². The summed E-state index contributed by atoms with van der Waals surface area (Å²) in [6.45, 7) is 7.09. The Balaban J connectivity index is 1.26. The summed E-state index contributed by atoms with van der Waals surface area (Å²) in [6.07, 6.45) is -0.825. The lowest BCUT2D eigenvalue weighted by Gasteiger charge is -2.62. The average Bonchev–Trinajstić information content (AvgIpc) is 3.11. The highest BCUT2D eigenvalue weighted by molar-refractivity contribution is 5.75. The van der Waals surface area contributed by atoms with Crippen molar-refractivity contribution in [1.82, 2.24) is 4.90 Å². The number of carbonyl (C=O) groups excluding carboxylic acids is 1. The summed E-state index contributed by atoms with van der Waals surface area (Å²) in [5, 5.41) is 12.1. The first-order valence-corrected chi connectivity index (χ1v) is 13.0. The third-order valence-electron chi connectivity index (χ3n) is 9.82. The number of hydrogen-bond acceptors (Lipinski definition) is 6. The van der Waals surface area contributed by atoms with Crippen LogP contribution in [0.5, 0.6) is 0 Å². The van der Waals surface area contributed by atoms with Crippen molar-refractivity contribution < 1.29 is 32.5 Å². The monoisotopic (exact) mass is 510 g/mol. The third kappa shape index (κ3) is 4.11. The smallest absolute Gasteiger partial charge is 0.416 e. The first-order chi connectivity index (χ1) is 16.9. The number of benzene rings is 1. The number of anilines is 1. The number of methoxy groups -OCH3 is 1. The summed E-state index contributed by atoms with van der Waals surface area (Å²) in [5.41, 5.74) is -2.16. The first-order valence-electron chi connectivity index (χ1n) is 13.0. The van der Waals surface area contributed by atoms with Gasteiger partial charge in [0.1, 0.15) is 6.10 Å². The van der Waals surface area contributed by atoms with Crippen LogP contribution in [-0.2, 0) is 20.4 Å². The van der Waals surface area contributed by atoms with E-state index in [0.717, 1.165) is 25.3 Å². The summed E-state index contributed by atoms with van der Waals surface area (Å²) in [6, 6.07) is 5.44. The van der Waals surface area contributed by atoms with Gasteiger partial charge in [-0.15, -0.1) is 0 Å². The number of piperazine rings is 1. The van der Waals surface area contributed by atoms with Gasteiger partial charge in [0.05, 0.1) is 22.7 Å². The normalized spacial score (nSPS) is 39.5. The highest BCUT2D eigenvalue weighted by Crippen LogP contribution is 2.61. The van der Waals surface area contributed by atoms with E-state index in [1.807, 2.05) is 11.8 Å². The van der Waals surface area contributed by atoms with Crippen LogP contribution in [0.25, 0.3) is 0 Å². The van der Waals surface area contributed by atoms with Crippen molar-refractivity contribution >= 4 is 11.7 Å². The number of nitrogens with zero attached hydrogens (tertiary/aromatic N) is 2. The molecule has 0 spiro atoms. The van der Waals surface area contributed by atoms with Crippen molar-refractivity contribution in [3.8, 4) is 0 Å². The van der Waals surface area contributed by atoms with Gasteiger partial charge >= 0.3 is 12.1 Å². The van der Waals surface area contributed by atoms with Gasteiger partial charge in [0.2, 0.25) is 0 Å². The molecule has 200 valence electrons. The van der Waals surface area contributed by atoms with Gasteiger partial charge in [-0.2, -0.15) is 13.2 Å². The van der Waals surface area contributed by atoms with Gasteiger partial charge < -0.3 is 19.5 Å². The van der Waals surface area contributed by atoms with Crippen LogP contribution in [0.15, 0.2) is 24.3 Å². The third-order valence-corrected chi connectivity index (χ3v) is 9.82. The SMILES string of the molecule is CO[C@]1(C)CCC[C@]2(C)C[C@H]3OC(=O)[C@H](CN4CCN(c5cccc(C(F)(F)F)c5)CC4)[C@H]3C[C@]21O. The Morgan fingerprint density at radius 3 is 2.53 bits per heavy atom. The fourth-order valence-corrected chi connectivity index (χ4v) is 7.44. The van der Waals surface area contributed by atoms with Crippen LogP contribution >= 0.6 is 0 Å². The predicted molar refractivity (Wildman–Crippen MR) is 129 cm³/mol. The second-order valence-electron chi connectivity index (χ2n) is 11.7. The van der Waals surface area contributed by atoms with Gasteiger partial charge in [0.15, 0.2) is 0 Å². The van der Waals surface area contributed by atoms with Crippen LogP contribution in [-0.4, -0.2) is 73.1 Å². The molecule has 9 heteroatoms. The van der Waals surface area contributed by atoms with Gasteiger partial charge in [-0.05, 0) is 57.2 Å². The predicted octanol–water partition coefficient (Wildman–Crippen LogP) is 4.11. The van der Waals surface area contributed by atoms with Crippen LogP contribution in [0.3, 0.4) is 0 Å². The summed E-state index contributed by atoms with van der Waals surface area (Å²) in [4.78, 5) is 17.2. The lowest BCUT2D eigenvalue weighted by molar-refractivity contribution is -0.270. The Bertz CT molecular complexity index is 997. The number of hydrogen-bond donors (Lipinski definition) is 1. The topological polar surface area (TPSA) is 62.2 Å². The molecule has 0 aromatic heterocycles. The Morgan fingerprint density at radius 1 is 1.14 bits per heavy atom. The number of rotatable bonds is 4. The standard InChI is InChI=1S/C27H37F3N2O4/c1-24-8-5-9-25(2,35-3)26(24,34)15-20-21(23(33)36-22(20)16-24)17-31-10-12-32(13-11-31)19-7-4-6-18(14-19)27(28,29)30/h4,6-7,14,20-22,34H,5,8-13,15-17H2,1-3H3/t20-,21-,22-,24-,25-,26+/m1/s1. The molecule has 36 heavy (non-hydrogen) atoms. The van der Waals surface area contributed by atoms with E-state index in [9.17, 15) is 23.1 Å². The fourth-order valence-electron chi connectivity index (χ4n) is 7.44. The molecular weight excluding hydrogens is 473 g/mol. The minimum atomic E-state index is -4.37. The molecule has 2 saturated heterocycles. The molecule has 0 radical (unpaired) electrons. The molecule has 5 rings (SSSR count). The van der Waals surface area contributed by atoms with Crippen molar-refractivity contribution in [2.24, 2.45) is 17.3 Å². The molecule has 1 aromatic rings. The molecule has 6 atom stereocenters. The number of carbonyl (C=O) groups is 1. The van der Waals surface area contributed by atoms with Gasteiger partial charge in [0, 0.05) is 56.9 Å². The van der Waals surface area contributed by atoms with Gasteiger partial charge in [-0.1, -0.05) is 13.0 Å². The number of ether oxygens (including phenoxy) is 2. The molecular formula is C27H37F3N2O4. The molecule has 4 aliphatic rings. The minimum Gasteiger partial charge on any atom is -0.462 e. The van der Waals surface area contributed by atoms with E-state index in [1.165, 1.54) is 12.1 Å². The van der Waals surface area contributed by atoms with Gasteiger partial charge in [-0.25, -0.2) is 0 Å². The highest BCUT2D eigenvalue weighted by Gasteiger charge is 2.67. The number of fused-ring (bicyclic) bond motifs is 2. The summed E-state index contributed by atoms with van der Waals surface area (Å²) >= 11 is 0. The molecule has 1 N–H and O–H groups in total. The molecule has 2 heterocycles. The Labute approximate surface area is 210 Å². The first kappa shape index (κ1) is 25.8. The lowest BCUT2D eigenvalue weighted by atomic mass is 9.49. The fraction of sp³-hybridized carbons (Fsp3) is 0.741. The highest BCUT2D eigenvalue weighted by atomic mass is 19.4. The van der Waals surface area contributed by atoms with E-state index in [4.69, 9.17) is 9.47 Å². The van der Waals surface area contributed by atoms with E-state index < -0.39 is 22.9 Å². The number of halogens is 3. The molecule has 2 aliphatic heterocycles. The van der Waals surface area contributed by atoms with Gasteiger partial charge in [0.25, 0.3) is 0 Å². The van der Waals surface area contributed by atoms with Crippen molar-refractivity contribution in [2.75, 3.05) is 44.7 Å². The van der Waals surface area contributed by atoms with Gasteiger partial charge in [-0.3, -0.25) is 9.69 Å². The molecule has 6 nitrogen and oxygen atoms in total. The van der Waals surface area contributed by atoms with E-state index in [-0.39, 0.29) is 29.3 Å².